The molecule has 2 aromatic rings. The molecule has 1 aromatic heterocycles. The molecule has 2 heterocycles. The summed E-state index contributed by atoms with van der Waals surface area (Å²) in [6.45, 7) is 1.78. The monoisotopic (exact) mass is 323 g/mol. The molecule has 1 atom stereocenters. The number of hydrogen-bond donors (Lipinski definition) is 0. The average Bonchev–Trinajstić information content (AvgIpc) is 2.90. The van der Waals surface area contributed by atoms with Gasteiger partial charge in [0.25, 0.3) is 5.91 Å². The summed E-state index contributed by atoms with van der Waals surface area (Å²) in [5.41, 5.74) is 1.37. The highest BCUT2D eigenvalue weighted by molar-refractivity contribution is 9.09. The van der Waals surface area contributed by atoms with Crippen molar-refractivity contribution in [1.29, 1.82) is 0 Å². The number of rotatable bonds is 2. The highest BCUT2D eigenvalue weighted by Gasteiger charge is 2.29. The summed E-state index contributed by atoms with van der Waals surface area (Å²) in [6, 6.07) is 7.67. The van der Waals surface area contributed by atoms with Crippen LogP contribution in [0.2, 0.25) is 0 Å². The molecule has 1 aliphatic rings. The maximum atomic E-state index is 12.6. The van der Waals surface area contributed by atoms with Crippen molar-refractivity contribution in [2.24, 2.45) is 0 Å². The molecule has 1 fully saturated rings. The van der Waals surface area contributed by atoms with Gasteiger partial charge >= 0.3 is 0 Å². The number of para-hydroxylation sites is 1. The molecular formula is C14H14BrNO3. The molecule has 1 aromatic carbocycles. The minimum absolute atomic E-state index is 0.0118. The van der Waals surface area contributed by atoms with E-state index in [-0.39, 0.29) is 11.9 Å². The predicted molar refractivity (Wildman–Crippen MR) is 75.7 cm³/mol. The normalized spacial score (nSPS) is 19.8. The number of hydrogen-bond acceptors (Lipinski definition) is 3. The fourth-order valence-electron chi connectivity index (χ4n) is 2.35. The summed E-state index contributed by atoms with van der Waals surface area (Å²) in [7, 11) is 0. The third kappa shape index (κ3) is 2.28. The number of alkyl halides is 1. The van der Waals surface area contributed by atoms with Crippen LogP contribution in [0.1, 0.15) is 10.4 Å². The SMILES string of the molecule is O=C(c1coc2ccccc12)N1CCOCC1CBr. The lowest BCUT2D eigenvalue weighted by molar-refractivity contribution is 0.00531. The highest BCUT2D eigenvalue weighted by atomic mass is 79.9. The molecule has 0 aliphatic carbocycles. The molecule has 1 aliphatic heterocycles. The minimum atomic E-state index is 0.0118. The van der Waals surface area contributed by atoms with E-state index in [1.54, 1.807) is 6.26 Å². The van der Waals surface area contributed by atoms with E-state index in [9.17, 15) is 4.79 Å². The van der Waals surface area contributed by atoms with Crippen LogP contribution < -0.4 is 0 Å². The van der Waals surface area contributed by atoms with Crippen molar-refractivity contribution in [3.05, 3.63) is 36.1 Å². The van der Waals surface area contributed by atoms with Gasteiger partial charge in [-0.3, -0.25) is 4.79 Å². The van der Waals surface area contributed by atoms with Gasteiger partial charge in [-0.1, -0.05) is 34.1 Å². The Morgan fingerprint density at radius 3 is 3.11 bits per heavy atom. The van der Waals surface area contributed by atoms with Gasteiger partial charge in [0.1, 0.15) is 11.8 Å². The van der Waals surface area contributed by atoms with E-state index in [1.807, 2.05) is 29.2 Å². The number of carbonyl (C=O) groups is 1. The second-order valence-electron chi connectivity index (χ2n) is 4.53. The number of halogens is 1. The van der Waals surface area contributed by atoms with Crippen LogP contribution in [-0.2, 0) is 4.74 Å². The first-order chi connectivity index (χ1) is 9.31. The van der Waals surface area contributed by atoms with E-state index in [0.717, 1.165) is 11.0 Å². The number of morpholine rings is 1. The molecule has 4 nitrogen and oxygen atoms in total. The quantitative estimate of drug-likeness (QED) is 0.798. The van der Waals surface area contributed by atoms with Crippen molar-refractivity contribution in [2.75, 3.05) is 25.1 Å². The average molecular weight is 324 g/mol. The topological polar surface area (TPSA) is 42.7 Å². The van der Waals surface area contributed by atoms with Gasteiger partial charge in [-0.15, -0.1) is 0 Å². The third-order valence-corrected chi connectivity index (χ3v) is 4.13. The lowest BCUT2D eigenvalue weighted by Crippen LogP contribution is -2.49. The number of fused-ring (bicyclic) bond motifs is 1. The number of amides is 1. The van der Waals surface area contributed by atoms with E-state index in [2.05, 4.69) is 15.9 Å². The number of carbonyl (C=O) groups excluding carboxylic acids is 1. The zero-order valence-corrected chi connectivity index (χ0v) is 11.9. The fourth-order valence-corrected chi connectivity index (χ4v) is 2.88. The molecule has 3 rings (SSSR count). The first-order valence-electron chi connectivity index (χ1n) is 6.22. The van der Waals surface area contributed by atoms with Crippen LogP contribution >= 0.6 is 15.9 Å². The maximum Gasteiger partial charge on any atom is 0.258 e. The molecule has 1 saturated heterocycles. The Morgan fingerprint density at radius 2 is 2.26 bits per heavy atom. The van der Waals surface area contributed by atoms with E-state index in [1.165, 1.54) is 0 Å². The Labute approximate surface area is 119 Å². The van der Waals surface area contributed by atoms with Crippen LogP contribution in [0, 0.1) is 0 Å². The van der Waals surface area contributed by atoms with Crippen LogP contribution in [0.5, 0.6) is 0 Å². The molecule has 1 unspecified atom stereocenters. The summed E-state index contributed by atoms with van der Waals surface area (Å²) in [4.78, 5) is 14.5. The number of nitrogens with zero attached hydrogens (tertiary/aromatic N) is 1. The lowest BCUT2D eigenvalue weighted by atomic mass is 10.1. The zero-order valence-electron chi connectivity index (χ0n) is 10.3. The van der Waals surface area contributed by atoms with Gasteiger partial charge in [0.05, 0.1) is 24.8 Å². The molecule has 0 N–H and O–H groups in total. The van der Waals surface area contributed by atoms with E-state index < -0.39 is 0 Å². The summed E-state index contributed by atoms with van der Waals surface area (Å²) in [5, 5.41) is 1.58. The van der Waals surface area contributed by atoms with Gasteiger partial charge in [0.2, 0.25) is 0 Å². The maximum absolute atomic E-state index is 12.6. The van der Waals surface area contributed by atoms with Crippen molar-refractivity contribution >= 4 is 32.8 Å². The van der Waals surface area contributed by atoms with Gasteiger partial charge in [0, 0.05) is 17.3 Å². The van der Waals surface area contributed by atoms with Crippen LogP contribution in [0.15, 0.2) is 34.9 Å². The molecule has 19 heavy (non-hydrogen) atoms. The smallest absolute Gasteiger partial charge is 0.258 e. The lowest BCUT2D eigenvalue weighted by Gasteiger charge is -2.34. The number of ether oxygens (including phenoxy) is 1. The Kier molecular flexibility index (Phi) is 3.57. The fraction of sp³-hybridized carbons (Fsp3) is 0.357. The Balaban J connectivity index is 1.94. The molecule has 0 radical (unpaired) electrons. The summed E-state index contributed by atoms with van der Waals surface area (Å²) >= 11 is 3.44. The van der Waals surface area contributed by atoms with Crippen molar-refractivity contribution in [2.45, 2.75) is 6.04 Å². The van der Waals surface area contributed by atoms with Gasteiger partial charge in [0.15, 0.2) is 0 Å². The van der Waals surface area contributed by atoms with Gasteiger partial charge in [-0.25, -0.2) is 0 Å². The zero-order chi connectivity index (χ0) is 13.2. The van der Waals surface area contributed by atoms with Crippen molar-refractivity contribution < 1.29 is 13.9 Å². The van der Waals surface area contributed by atoms with Crippen LogP contribution in [-0.4, -0.2) is 41.9 Å². The minimum Gasteiger partial charge on any atom is -0.463 e. The van der Waals surface area contributed by atoms with Gasteiger partial charge in [-0.2, -0.15) is 0 Å². The molecule has 5 heteroatoms. The molecular weight excluding hydrogens is 310 g/mol. The highest BCUT2D eigenvalue weighted by Crippen LogP contribution is 2.23. The number of benzene rings is 1. The largest absolute Gasteiger partial charge is 0.463 e. The van der Waals surface area contributed by atoms with E-state index in [0.29, 0.717) is 30.7 Å². The first-order valence-corrected chi connectivity index (χ1v) is 7.34. The second-order valence-corrected chi connectivity index (χ2v) is 5.17. The Morgan fingerprint density at radius 1 is 1.42 bits per heavy atom. The van der Waals surface area contributed by atoms with E-state index in [4.69, 9.17) is 9.15 Å². The second kappa shape index (κ2) is 5.35. The third-order valence-electron chi connectivity index (χ3n) is 3.38. The molecule has 0 spiro atoms. The number of furan rings is 1. The summed E-state index contributed by atoms with van der Waals surface area (Å²) in [6.07, 6.45) is 1.55. The first kappa shape index (κ1) is 12.7. The van der Waals surface area contributed by atoms with Gasteiger partial charge in [-0.05, 0) is 6.07 Å². The van der Waals surface area contributed by atoms with Crippen LogP contribution in [0.3, 0.4) is 0 Å². The Hall–Kier alpha value is -1.33. The summed E-state index contributed by atoms with van der Waals surface area (Å²) < 4.78 is 10.9. The molecule has 100 valence electrons. The molecule has 0 saturated carbocycles. The van der Waals surface area contributed by atoms with Crippen molar-refractivity contribution in [3.8, 4) is 0 Å². The van der Waals surface area contributed by atoms with Crippen LogP contribution in [0.4, 0.5) is 0 Å². The predicted octanol–water partition coefficient (Wildman–Crippen LogP) is 2.67. The molecule has 1 amide bonds. The Bertz CT molecular complexity index is 595. The summed E-state index contributed by atoms with van der Waals surface area (Å²) in [5.74, 6) is 0.0118. The van der Waals surface area contributed by atoms with Crippen molar-refractivity contribution in [3.63, 3.8) is 0 Å². The van der Waals surface area contributed by atoms with Gasteiger partial charge < -0.3 is 14.1 Å². The van der Waals surface area contributed by atoms with E-state index >= 15 is 0 Å². The van der Waals surface area contributed by atoms with Crippen molar-refractivity contribution in [1.82, 2.24) is 4.90 Å². The van der Waals surface area contributed by atoms with Crippen LogP contribution in [0.25, 0.3) is 11.0 Å². The molecule has 0 bridgehead atoms. The standard InChI is InChI=1S/C14H14BrNO3/c15-7-10-8-18-6-5-16(10)14(17)12-9-19-13-4-2-1-3-11(12)13/h1-4,9-10H,5-8H2.